The normalized spacial score (nSPS) is 32.2. The molecule has 0 unspecified atom stereocenters. The summed E-state index contributed by atoms with van der Waals surface area (Å²) >= 11 is 3.35. The molecule has 2 nitrogen and oxygen atoms in total. The first kappa shape index (κ1) is 9.16. The minimum absolute atomic E-state index is 0.0112. The lowest BCUT2D eigenvalue weighted by Crippen LogP contribution is -2.31. The summed E-state index contributed by atoms with van der Waals surface area (Å²) in [6.07, 6.45) is 3.47. The van der Waals surface area contributed by atoms with Crippen LogP contribution in [0, 0.1) is 5.92 Å². The summed E-state index contributed by atoms with van der Waals surface area (Å²) in [6.45, 7) is 4.14. The molecule has 2 atom stereocenters. The number of carbonyl (C=O) groups is 1. The van der Waals surface area contributed by atoms with Gasteiger partial charge in [0.15, 0.2) is 0 Å². The van der Waals surface area contributed by atoms with Gasteiger partial charge in [0.25, 0.3) is 0 Å². The predicted octanol–water partition coefficient (Wildman–Crippen LogP) is 2.20. The molecule has 2 bridgehead atoms. The Kier molecular flexibility index (Phi) is 2.16. The number of rotatable bonds is 1. The van der Waals surface area contributed by atoms with Gasteiger partial charge >= 0.3 is 0 Å². The fraction of sp³-hybridized carbons (Fsp3) is 0.500. The number of hydrogen-bond donors (Lipinski definition) is 0. The molecule has 0 radical (unpaired) electrons. The van der Waals surface area contributed by atoms with Crippen LogP contribution in [0.15, 0.2) is 22.2 Å². The van der Waals surface area contributed by atoms with E-state index in [1.807, 2.05) is 12.2 Å². The SMILES string of the molecule is CC(C)C1=C(Br)C(=O)[C@H]2C=C[C@@H]1O2. The summed E-state index contributed by atoms with van der Waals surface area (Å²) in [4.78, 5) is 11.6. The molecule has 2 heterocycles. The molecule has 0 aliphatic carbocycles. The molecule has 0 saturated heterocycles. The van der Waals surface area contributed by atoms with Crippen molar-refractivity contribution in [2.24, 2.45) is 5.92 Å². The van der Waals surface area contributed by atoms with Crippen LogP contribution >= 0.6 is 15.9 Å². The van der Waals surface area contributed by atoms with Crippen molar-refractivity contribution < 1.29 is 9.53 Å². The first-order valence-electron chi connectivity index (χ1n) is 4.39. The maximum atomic E-state index is 11.6. The van der Waals surface area contributed by atoms with E-state index in [0.717, 1.165) is 5.57 Å². The fourth-order valence-corrected chi connectivity index (χ4v) is 2.66. The molecular weight excluding hydrogens is 232 g/mol. The Balaban J connectivity index is 2.46. The summed E-state index contributed by atoms with van der Waals surface area (Å²) in [5, 5.41) is 0. The van der Waals surface area contributed by atoms with E-state index in [9.17, 15) is 4.79 Å². The van der Waals surface area contributed by atoms with E-state index in [0.29, 0.717) is 10.4 Å². The van der Waals surface area contributed by atoms with Crippen molar-refractivity contribution in [1.29, 1.82) is 0 Å². The van der Waals surface area contributed by atoms with E-state index in [2.05, 4.69) is 29.8 Å². The minimum Gasteiger partial charge on any atom is -0.354 e. The van der Waals surface area contributed by atoms with Crippen LogP contribution in [0.3, 0.4) is 0 Å². The highest BCUT2D eigenvalue weighted by Crippen LogP contribution is 2.36. The summed E-state index contributed by atoms with van der Waals surface area (Å²) in [6, 6.07) is 0. The largest absolute Gasteiger partial charge is 0.354 e. The van der Waals surface area contributed by atoms with Crippen LogP contribution < -0.4 is 0 Å². The van der Waals surface area contributed by atoms with Crippen LogP contribution in [-0.4, -0.2) is 18.0 Å². The second kappa shape index (κ2) is 3.07. The number of fused-ring (bicyclic) bond motifs is 2. The third kappa shape index (κ3) is 1.30. The molecule has 0 aromatic rings. The van der Waals surface area contributed by atoms with Crippen molar-refractivity contribution in [3.05, 3.63) is 22.2 Å². The van der Waals surface area contributed by atoms with Gasteiger partial charge in [-0.05, 0) is 33.5 Å². The third-order valence-electron chi connectivity index (χ3n) is 2.41. The molecule has 13 heavy (non-hydrogen) atoms. The molecule has 70 valence electrons. The van der Waals surface area contributed by atoms with Crippen LogP contribution in [0.5, 0.6) is 0 Å². The highest BCUT2D eigenvalue weighted by Gasteiger charge is 2.37. The zero-order valence-electron chi connectivity index (χ0n) is 7.58. The lowest BCUT2D eigenvalue weighted by Gasteiger charge is -2.25. The van der Waals surface area contributed by atoms with Gasteiger partial charge in [-0.3, -0.25) is 4.79 Å². The van der Waals surface area contributed by atoms with Gasteiger partial charge in [0.1, 0.15) is 6.10 Å². The van der Waals surface area contributed by atoms with E-state index in [4.69, 9.17) is 4.74 Å². The van der Waals surface area contributed by atoms with Crippen LogP contribution in [0.2, 0.25) is 0 Å². The van der Waals surface area contributed by atoms with Crippen molar-refractivity contribution >= 4 is 21.7 Å². The number of carbonyl (C=O) groups excluding carboxylic acids is 1. The molecule has 2 rings (SSSR count). The Labute approximate surface area is 85.8 Å². The van der Waals surface area contributed by atoms with E-state index in [-0.39, 0.29) is 18.0 Å². The van der Waals surface area contributed by atoms with E-state index in [1.165, 1.54) is 0 Å². The van der Waals surface area contributed by atoms with Crippen molar-refractivity contribution in [2.75, 3.05) is 0 Å². The zero-order valence-corrected chi connectivity index (χ0v) is 9.17. The average molecular weight is 243 g/mol. The maximum Gasteiger partial charge on any atom is 0.202 e. The Morgan fingerprint density at radius 3 is 2.62 bits per heavy atom. The Hall–Kier alpha value is -0.410. The number of halogens is 1. The highest BCUT2D eigenvalue weighted by molar-refractivity contribution is 9.12. The van der Waals surface area contributed by atoms with Crippen LogP contribution in [0.25, 0.3) is 0 Å². The number of Topliss-reactive ketones (excluding diaryl/α,β-unsaturated/α-hetero) is 1. The molecule has 0 saturated carbocycles. The van der Waals surface area contributed by atoms with Crippen molar-refractivity contribution in [3.8, 4) is 0 Å². The molecule has 2 aliphatic heterocycles. The standard InChI is InChI=1S/C10H11BrO2/c1-5(2)8-6-3-4-7(13-6)10(12)9(8)11/h3-7H,1-2H3/t6-,7+/m0/s1. The van der Waals surface area contributed by atoms with Gasteiger partial charge in [-0.2, -0.15) is 0 Å². The Morgan fingerprint density at radius 1 is 1.38 bits per heavy atom. The Morgan fingerprint density at radius 2 is 2.00 bits per heavy atom. The van der Waals surface area contributed by atoms with E-state index < -0.39 is 0 Å². The van der Waals surface area contributed by atoms with Gasteiger partial charge in [-0.1, -0.05) is 19.9 Å². The number of hydrogen-bond acceptors (Lipinski definition) is 2. The van der Waals surface area contributed by atoms with Crippen LogP contribution in [0.4, 0.5) is 0 Å². The molecule has 0 aromatic heterocycles. The predicted molar refractivity (Wildman–Crippen MR) is 53.6 cm³/mol. The number of ketones is 1. The third-order valence-corrected chi connectivity index (χ3v) is 3.26. The summed E-state index contributed by atoms with van der Waals surface area (Å²) in [5.74, 6) is 0.390. The average Bonchev–Trinajstić information content (AvgIpc) is 2.47. The van der Waals surface area contributed by atoms with Crippen LogP contribution in [0.1, 0.15) is 13.8 Å². The van der Waals surface area contributed by atoms with Crippen molar-refractivity contribution in [3.63, 3.8) is 0 Å². The first-order valence-corrected chi connectivity index (χ1v) is 5.18. The van der Waals surface area contributed by atoms with Crippen molar-refractivity contribution in [1.82, 2.24) is 0 Å². The Bertz CT molecular complexity index is 315. The lowest BCUT2D eigenvalue weighted by molar-refractivity contribution is -0.124. The lowest BCUT2D eigenvalue weighted by atomic mass is 9.95. The molecule has 0 amide bonds. The quantitative estimate of drug-likeness (QED) is 0.660. The molecular formula is C10H11BrO2. The maximum absolute atomic E-state index is 11.6. The molecule has 0 spiro atoms. The molecule has 3 heteroatoms. The second-order valence-corrected chi connectivity index (χ2v) is 4.44. The fourth-order valence-electron chi connectivity index (χ4n) is 1.75. The van der Waals surface area contributed by atoms with Gasteiger partial charge in [0.2, 0.25) is 5.78 Å². The second-order valence-electron chi connectivity index (χ2n) is 3.65. The first-order chi connectivity index (χ1) is 6.11. The summed E-state index contributed by atoms with van der Waals surface area (Å²) in [7, 11) is 0. The van der Waals surface area contributed by atoms with Crippen molar-refractivity contribution in [2.45, 2.75) is 26.1 Å². The smallest absolute Gasteiger partial charge is 0.202 e. The van der Waals surface area contributed by atoms with Gasteiger partial charge in [0.05, 0.1) is 10.6 Å². The van der Waals surface area contributed by atoms with E-state index >= 15 is 0 Å². The highest BCUT2D eigenvalue weighted by atomic mass is 79.9. The van der Waals surface area contributed by atoms with Gasteiger partial charge in [-0.15, -0.1) is 0 Å². The molecule has 0 N–H and O–H groups in total. The van der Waals surface area contributed by atoms with Gasteiger partial charge in [0, 0.05) is 0 Å². The van der Waals surface area contributed by atoms with E-state index in [1.54, 1.807) is 0 Å². The monoisotopic (exact) mass is 242 g/mol. The minimum atomic E-state index is -0.345. The van der Waals surface area contributed by atoms with Crippen LogP contribution in [-0.2, 0) is 9.53 Å². The van der Waals surface area contributed by atoms with Gasteiger partial charge in [-0.25, -0.2) is 0 Å². The number of ether oxygens (including phenoxy) is 1. The topological polar surface area (TPSA) is 26.3 Å². The van der Waals surface area contributed by atoms with Gasteiger partial charge < -0.3 is 4.74 Å². The molecule has 0 fully saturated rings. The molecule has 2 aliphatic rings. The summed E-state index contributed by atoms with van der Waals surface area (Å²) < 4.78 is 6.22. The zero-order chi connectivity index (χ0) is 9.59. The summed E-state index contributed by atoms with van der Waals surface area (Å²) in [5.41, 5.74) is 1.06. The molecule has 0 aromatic carbocycles.